The van der Waals surface area contributed by atoms with Crippen LogP contribution in [0, 0.1) is 0 Å². The summed E-state index contributed by atoms with van der Waals surface area (Å²) in [5.41, 5.74) is 0. The van der Waals surface area contributed by atoms with Crippen LogP contribution in [0.25, 0.3) is 0 Å². The lowest BCUT2D eigenvalue weighted by atomic mass is 10.1. The molecule has 0 saturated carbocycles. The van der Waals surface area contributed by atoms with Crippen molar-refractivity contribution in [1.82, 2.24) is 15.1 Å². The Labute approximate surface area is 104 Å². The smallest absolute Gasteiger partial charge is 0.117 e. The highest BCUT2D eigenvalue weighted by Crippen LogP contribution is 2.16. The number of furan rings is 1. The van der Waals surface area contributed by atoms with Gasteiger partial charge in [0.15, 0.2) is 0 Å². The Bertz CT molecular complexity index is 325. The van der Waals surface area contributed by atoms with Gasteiger partial charge < -0.3 is 9.73 Å². The molecule has 2 atom stereocenters. The molecule has 96 valence electrons. The van der Waals surface area contributed by atoms with Gasteiger partial charge in [0.1, 0.15) is 5.76 Å². The highest BCUT2D eigenvalue weighted by Gasteiger charge is 2.29. The van der Waals surface area contributed by atoms with Crippen LogP contribution < -0.4 is 5.32 Å². The zero-order valence-corrected chi connectivity index (χ0v) is 11.0. The molecule has 2 heterocycles. The molecule has 1 saturated heterocycles. The monoisotopic (exact) mass is 237 g/mol. The number of hydrogen-bond acceptors (Lipinski definition) is 4. The number of likely N-dealkylation sites (N-methyl/N-ethyl adjacent to an activating group) is 2. The van der Waals surface area contributed by atoms with Crippen molar-refractivity contribution >= 4 is 0 Å². The summed E-state index contributed by atoms with van der Waals surface area (Å²) in [4.78, 5) is 4.95. The molecule has 0 spiro atoms. The van der Waals surface area contributed by atoms with E-state index in [0.29, 0.717) is 12.1 Å². The number of nitrogens with one attached hydrogen (secondary N) is 1. The minimum Gasteiger partial charge on any atom is -0.468 e. The molecule has 4 nitrogen and oxygen atoms in total. The predicted octanol–water partition coefficient (Wildman–Crippen LogP) is 1.00. The maximum atomic E-state index is 5.44. The van der Waals surface area contributed by atoms with Gasteiger partial charge in [0, 0.05) is 31.7 Å². The van der Waals surface area contributed by atoms with Gasteiger partial charge in [0.2, 0.25) is 0 Å². The van der Waals surface area contributed by atoms with Crippen LogP contribution in [-0.2, 0) is 6.54 Å². The second-order valence-corrected chi connectivity index (χ2v) is 5.01. The van der Waals surface area contributed by atoms with E-state index in [1.54, 1.807) is 6.26 Å². The van der Waals surface area contributed by atoms with Crippen molar-refractivity contribution in [2.24, 2.45) is 0 Å². The molecule has 17 heavy (non-hydrogen) atoms. The van der Waals surface area contributed by atoms with Crippen LogP contribution in [0.4, 0.5) is 0 Å². The van der Waals surface area contributed by atoms with Crippen molar-refractivity contribution < 1.29 is 4.42 Å². The van der Waals surface area contributed by atoms with E-state index in [-0.39, 0.29) is 0 Å². The van der Waals surface area contributed by atoms with Crippen molar-refractivity contribution in [3.8, 4) is 0 Å². The lowest BCUT2D eigenvalue weighted by Gasteiger charge is -2.43. The van der Waals surface area contributed by atoms with Crippen LogP contribution in [0.1, 0.15) is 12.7 Å². The van der Waals surface area contributed by atoms with Crippen LogP contribution >= 0.6 is 0 Å². The molecule has 1 aliphatic rings. The fraction of sp³-hybridized carbons (Fsp3) is 0.692. The third-order valence-corrected chi connectivity index (χ3v) is 3.62. The Balaban J connectivity index is 1.96. The van der Waals surface area contributed by atoms with Crippen molar-refractivity contribution in [3.63, 3.8) is 0 Å². The summed E-state index contributed by atoms with van der Waals surface area (Å²) < 4.78 is 5.44. The quantitative estimate of drug-likeness (QED) is 0.847. The van der Waals surface area contributed by atoms with Crippen LogP contribution in [-0.4, -0.2) is 55.6 Å². The molecule has 0 radical (unpaired) electrons. The van der Waals surface area contributed by atoms with Crippen LogP contribution in [0.15, 0.2) is 22.8 Å². The standard InChI is InChI=1S/C13H23N3O/c1-11-8-15(3)12(7-14-2)9-16(11)10-13-5-4-6-17-13/h4-6,11-12,14H,7-10H2,1-3H3. The summed E-state index contributed by atoms with van der Waals surface area (Å²) in [6, 6.07) is 5.18. The largest absolute Gasteiger partial charge is 0.468 e. The van der Waals surface area contributed by atoms with Gasteiger partial charge in [-0.05, 0) is 33.2 Å². The Morgan fingerprint density at radius 3 is 2.94 bits per heavy atom. The second-order valence-electron chi connectivity index (χ2n) is 5.01. The maximum absolute atomic E-state index is 5.44. The third kappa shape index (κ3) is 3.09. The van der Waals surface area contributed by atoms with E-state index in [1.165, 1.54) is 0 Å². The lowest BCUT2D eigenvalue weighted by Crippen LogP contribution is -2.58. The first-order valence-corrected chi connectivity index (χ1v) is 6.32. The van der Waals surface area contributed by atoms with Gasteiger partial charge >= 0.3 is 0 Å². The summed E-state index contributed by atoms with van der Waals surface area (Å²) in [7, 11) is 4.23. The van der Waals surface area contributed by atoms with E-state index < -0.39 is 0 Å². The summed E-state index contributed by atoms with van der Waals surface area (Å²) in [5, 5.41) is 3.27. The molecule has 1 fully saturated rings. The average molecular weight is 237 g/mol. The van der Waals surface area contributed by atoms with Crippen LogP contribution in [0.2, 0.25) is 0 Å². The maximum Gasteiger partial charge on any atom is 0.117 e. The molecule has 1 aromatic rings. The first-order chi connectivity index (χ1) is 8.20. The zero-order chi connectivity index (χ0) is 12.3. The Morgan fingerprint density at radius 1 is 1.47 bits per heavy atom. The van der Waals surface area contributed by atoms with Crippen molar-refractivity contribution in [2.45, 2.75) is 25.6 Å². The topological polar surface area (TPSA) is 31.6 Å². The van der Waals surface area contributed by atoms with Crippen molar-refractivity contribution in [2.75, 3.05) is 33.7 Å². The van der Waals surface area contributed by atoms with Gasteiger partial charge in [0.25, 0.3) is 0 Å². The Morgan fingerprint density at radius 2 is 2.29 bits per heavy atom. The van der Waals surface area contributed by atoms with Gasteiger partial charge in [-0.1, -0.05) is 0 Å². The molecule has 0 aromatic carbocycles. The van der Waals surface area contributed by atoms with E-state index in [0.717, 1.165) is 31.9 Å². The normalized spacial score (nSPS) is 27.5. The van der Waals surface area contributed by atoms with Gasteiger partial charge in [-0.25, -0.2) is 0 Å². The van der Waals surface area contributed by atoms with Crippen molar-refractivity contribution in [1.29, 1.82) is 0 Å². The lowest BCUT2D eigenvalue weighted by molar-refractivity contribution is 0.0433. The molecule has 1 aromatic heterocycles. The van der Waals surface area contributed by atoms with E-state index in [4.69, 9.17) is 4.42 Å². The minimum absolute atomic E-state index is 0.582. The zero-order valence-electron chi connectivity index (χ0n) is 11.0. The molecule has 2 unspecified atom stereocenters. The van der Waals surface area contributed by atoms with Gasteiger partial charge in [-0.3, -0.25) is 9.80 Å². The van der Waals surface area contributed by atoms with E-state index in [2.05, 4.69) is 35.2 Å². The number of hydrogen-bond donors (Lipinski definition) is 1. The Kier molecular flexibility index (Phi) is 4.20. The Hall–Kier alpha value is -0.840. The van der Waals surface area contributed by atoms with Gasteiger partial charge in [0.05, 0.1) is 12.8 Å². The summed E-state index contributed by atoms with van der Waals surface area (Å²) >= 11 is 0. The minimum atomic E-state index is 0.582. The van der Waals surface area contributed by atoms with Crippen molar-refractivity contribution in [3.05, 3.63) is 24.2 Å². The molecule has 1 aliphatic heterocycles. The van der Waals surface area contributed by atoms with E-state index in [1.807, 2.05) is 13.1 Å². The SMILES string of the molecule is CNCC1CN(Cc2ccco2)C(C)CN1C. The molecular formula is C13H23N3O. The number of piperazine rings is 1. The molecule has 4 heteroatoms. The second kappa shape index (κ2) is 5.67. The summed E-state index contributed by atoms with van der Waals surface area (Å²) in [6.45, 7) is 6.46. The highest BCUT2D eigenvalue weighted by molar-refractivity contribution is 4.99. The fourth-order valence-corrected chi connectivity index (χ4v) is 2.55. The molecular weight excluding hydrogens is 214 g/mol. The first-order valence-electron chi connectivity index (χ1n) is 6.32. The van der Waals surface area contributed by atoms with Gasteiger partial charge in [-0.2, -0.15) is 0 Å². The summed E-state index contributed by atoms with van der Waals surface area (Å²) in [5.74, 6) is 1.06. The van der Waals surface area contributed by atoms with Gasteiger partial charge in [-0.15, -0.1) is 0 Å². The molecule has 1 N–H and O–H groups in total. The van der Waals surface area contributed by atoms with Crippen LogP contribution in [0.3, 0.4) is 0 Å². The fourth-order valence-electron chi connectivity index (χ4n) is 2.55. The molecule has 0 aliphatic carbocycles. The molecule has 0 amide bonds. The molecule has 0 bridgehead atoms. The number of rotatable bonds is 4. The predicted molar refractivity (Wildman–Crippen MR) is 68.9 cm³/mol. The summed E-state index contributed by atoms with van der Waals surface area (Å²) in [6.07, 6.45) is 1.75. The highest BCUT2D eigenvalue weighted by atomic mass is 16.3. The van der Waals surface area contributed by atoms with E-state index in [9.17, 15) is 0 Å². The van der Waals surface area contributed by atoms with E-state index >= 15 is 0 Å². The third-order valence-electron chi connectivity index (χ3n) is 3.62. The first kappa shape index (κ1) is 12.6. The molecule has 2 rings (SSSR count). The van der Waals surface area contributed by atoms with Crippen LogP contribution in [0.5, 0.6) is 0 Å². The number of nitrogens with zero attached hydrogens (tertiary/aromatic N) is 2. The average Bonchev–Trinajstić information content (AvgIpc) is 2.78.